The third kappa shape index (κ3) is 1.77. The molecule has 0 aliphatic rings. The van der Waals surface area contributed by atoms with Gasteiger partial charge in [0.05, 0.1) is 17.6 Å². The van der Waals surface area contributed by atoms with Crippen LogP contribution >= 0.6 is 0 Å². The molecular weight excluding hydrogens is 208 g/mol. The van der Waals surface area contributed by atoms with Crippen LogP contribution in [0.4, 0.5) is 5.82 Å². The summed E-state index contributed by atoms with van der Waals surface area (Å²) in [4.78, 5) is 22.7. The van der Waals surface area contributed by atoms with Crippen molar-refractivity contribution in [3.63, 3.8) is 0 Å². The van der Waals surface area contributed by atoms with Crippen molar-refractivity contribution in [2.24, 2.45) is 0 Å². The number of anilines is 1. The number of hydrogen-bond donors (Lipinski definition) is 1. The molecule has 0 atom stereocenters. The smallest absolute Gasteiger partial charge is 0.246 e. The Morgan fingerprint density at radius 2 is 2.31 bits per heavy atom. The average molecular weight is 218 g/mol. The number of oxazole rings is 1. The summed E-state index contributed by atoms with van der Waals surface area (Å²) in [5.41, 5.74) is 7.29. The van der Waals surface area contributed by atoms with Gasteiger partial charge in [-0.1, -0.05) is 0 Å². The maximum Gasteiger partial charge on any atom is 0.246 e. The first-order valence-electron chi connectivity index (χ1n) is 4.69. The maximum absolute atomic E-state index is 10.4. The number of nitrogens with zero attached hydrogens (tertiary/aromatic N) is 3. The van der Waals surface area contributed by atoms with E-state index < -0.39 is 0 Å². The maximum atomic E-state index is 10.4. The van der Waals surface area contributed by atoms with Crippen LogP contribution in [0.15, 0.2) is 16.9 Å². The van der Waals surface area contributed by atoms with Gasteiger partial charge in [-0.2, -0.15) is 0 Å². The zero-order chi connectivity index (χ0) is 11.5. The van der Waals surface area contributed by atoms with Gasteiger partial charge in [0.1, 0.15) is 24.1 Å². The molecule has 0 saturated heterocycles. The number of aryl methyl sites for hydroxylation is 1. The SMILES string of the molecule is Cc1nc(CC=O)c(N)nc1-c1ncco1. The predicted molar refractivity (Wildman–Crippen MR) is 56.4 cm³/mol. The molecule has 0 bridgehead atoms. The van der Waals surface area contributed by atoms with Crippen LogP contribution in [-0.2, 0) is 11.2 Å². The van der Waals surface area contributed by atoms with E-state index in [1.54, 1.807) is 6.92 Å². The van der Waals surface area contributed by atoms with E-state index in [2.05, 4.69) is 15.0 Å². The Bertz CT molecular complexity index is 508. The molecule has 2 rings (SSSR count). The molecule has 0 spiro atoms. The molecule has 0 radical (unpaired) electrons. The normalized spacial score (nSPS) is 10.3. The lowest BCUT2D eigenvalue weighted by atomic mass is 10.2. The van der Waals surface area contributed by atoms with Crippen molar-refractivity contribution < 1.29 is 9.21 Å². The Hall–Kier alpha value is -2.24. The van der Waals surface area contributed by atoms with E-state index in [0.29, 0.717) is 23.0 Å². The molecule has 0 fully saturated rings. The van der Waals surface area contributed by atoms with Gasteiger partial charge in [0.2, 0.25) is 5.89 Å². The number of carbonyl (C=O) groups is 1. The second-order valence-corrected chi connectivity index (χ2v) is 3.20. The first-order valence-corrected chi connectivity index (χ1v) is 4.69. The van der Waals surface area contributed by atoms with E-state index in [4.69, 9.17) is 10.2 Å². The molecule has 2 aromatic heterocycles. The Morgan fingerprint density at radius 1 is 1.50 bits per heavy atom. The molecule has 0 aliphatic heterocycles. The highest BCUT2D eigenvalue weighted by Gasteiger charge is 2.13. The standard InChI is InChI=1S/C10H10N4O2/c1-6-8(10-12-3-5-16-10)14-9(11)7(13-6)2-4-15/h3-5H,2H2,1H3,(H2,11,14). The lowest BCUT2D eigenvalue weighted by Gasteiger charge is -2.05. The molecule has 2 N–H and O–H groups in total. The molecule has 0 unspecified atom stereocenters. The van der Waals surface area contributed by atoms with Crippen molar-refractivity contribution in [3.05, 3.63) is 23.8 Å². The monoisotopic (exact) mass is 218 g/mol. The first-order chi connectivity index (χ1) is 7.72. The third-order valence-electron chi connectivity index (χ3n) is 2.08. The van der Waals surface area contributed by atoms with E-state index in [0.717, 1.165) is 6.29 Å². The van der Waals surface area contributed by atoms with Gasteiger partial charge < -0.3 is 14.9 Å². The first kappa shape index (κ1) is 10.3. The van der Waals surface area contributed by atoms with Gasteiger partial charge in [-0.05, 0) is 6.92 Å². The van der Waals surface area contributed by atoms with E-state index in [1.165, 1.54) is 12.5 Å². The highest BCUT2D eigenvalue weighted by Crippen LogP contribution is 2.20. The van der Waals surface area contributed by atoms with E-state index in [1.807, 2.05) is 0 Å². The van der Waals surface area contributed by atoms with E-state index in [9.17, 15) is 4.79 Å². The van der Waals surface area contributed by atoms with Gasteiger partial charge in [-0.15, -0.1) is 0 Å². The molecule has 0 aromatic carbocycles. The number of nitrogen functional groups attached to an aromatic ring is 1. The zero-order valence-electron chi connectivity index (χ0n) is 8.67. The molecule has 2 heterocycles. The summed E-state index contributed by atoms with van der Waals surface area (Å²) in [6.07, 6.45) is 3.87. The fourth-order valence-electron chi connectivity index (χ4n) is 1.35. The quantitative estimate of drug-likeness (QED) is 0.764. The Morgan fingerprint density at radius 3 is 2.94 bits per heavy atom. The van der Waals surface area contributed by atoms with Crippen LogP contribution in [0.25, 0.3) is 11.6 Å². The fraction of sp³-hybridized carbons (Fsp3) is 0.200. The Balaban J connectivity index is 2.49. The summed E-state index contributed by atoms with van der Waals surface area (Å²) >= 11 is 0. The summed E-state index contributed by atoms with van der Waals surface area (Å²) in [5, 5.41) is 0. The molecule has 2 aromatic rings. The van der Waals surface area contributed by atoms with Crippen LogP contribution in [0.2, 0.25) is 0 Å². The number of hydrogen-bond acceptors (Lipinski definition) is 6. The summed E-state index contributed by atoms with van der Waals surface area (Å²) < 4.78 is 5.12. The van der Waals surface area contributed by atoms with Crippen molar-refractivity contribution >= 4 is 12.1 Å². The second-order valence-electron chi connectivity index (χ2n) is 3.20. The molecule has 6 heteroatoms. The Kier molecular flexibility index (Phi) is 2.63. The summed E-state index contributed by atoms with van der Waals surface area (Å²) in [6.45, 7) is 1.76. The minimum absolute atomic E-state index is 0.158. The van der Waals surface area contributed by atoms with Crippen molar-refractivity contribution in [3.8, 4) is 11.6 Å². The summed E-state index contributed by atoms with van der Waals surface area (Å²) in [5.74, 6) is 0.597. The molecular formula is C10H10N4O2. The number of nitrogens with two attached hydrogens (primary N) is 1. The second kappa shape index (κ2) is 4.09. The minimum Gasteiger partial charge on any atom is -0.443 e. The number of aldehydes is 1. The molecule has 16 heavy (non-hydrogen) atoms. The largest absolute Gasteiger partial charge is 0.443 e. The minimum atomic E-state index is 0.158. The van der Waals surface area contributed by atoms with Crippen LogP contribution in [-0.4, -0.2) is 21.2 Å². The van der Waals surface area contributed by atoms with Gasteiger partial charge in [-0.3, -0.25) is 4.98 Å². The van der Waals surface area contributed by atoms with Crippen molar-refractivity contribution in [1.82, 2.24) is 15.0 Å². The third-order valence-corrected chi connectivity index (χ3v) is 2.08. The molecule has 0 saturated carbocycles. The number of carbonyl (C=O) groups excluding carboxylic acids is 1. The van der Waals surface area contributed by atoms with Crippen molar-refractivity contribution in [2.45, 2.75) is 13.3 Å². The molecule has 0 amide bonds. The highest BCUT2D eigenvalue weighted by atomic mass is 16.3. The van der Waals surface area contributed by atoms with Crippen LogP contribution in [0.5, 0.6) is 0 Å². The van der Waals surface area contributed by atoms with Gasteiger partial charge >= 0.3 is 0 Å². The van der Waals surface area contributed by atoms with E-state index in [-0.39, 0.29) is 12.2 Å². The van der Waals surface area contributed by atoms with Crippen molar-refractivity contribution in [2.75, 3.05) is 5.73 Å². The number of aromatic nitrogens is 3. The van der Waals surface area contributed by atoms with Gasteiger partial charge in [0, 0.05) is 6.42 Å². The lowest BCUT2D eigenvalue weighted by Crippen LogP contribution is -2.05. The van der Waals surface area contributed by atoms with Crippen LogP contribution < -0.4 is 5.73 Å². The summed E-state index contributed by atoms with van der Waals surface area (Å²) in [7, 11) is 0. The lowest BCUT2D eigenvalue weighted by molar-refractivity contribution is -0.107. The highest BCUT2D eigenvalue weighted by molar-refractivity contribution is 5.60. The average Bonchev–Trinajstić information content (AvgIpc) is 2.76. The van der Waals surface area contributed by atoms with Crippen molar-refractivity contribution in [1.29, 1.82) is 0 Å². The van der Waals surface area contributed by atoms with Gasteiger partial charge in [0.15, 0.2) is 0 Å². The molecule has 0 aliphatic carbocycles. The molecule has 6 nitrogen and oxygen atoms in total. The van der Waals surface area contributed by atoms with Crippen LogP contribution in [0, 0.1) is 6.92 Å². The van der Waals surface area contributed by atoms with E-state index >= 15 is 0 Å². The van der Waals surface area contributed by atoms with Gasteiger partial charge in [-0.25, -0.2) is 9.97 Å². The van der Waals surface area contributed by atoms with Gasteiger partial charge in [0.25, 0.3) is 0 Å². The summed E-state index contributed by atoms with van der Waals surface area (Å²) in [6, 6.07) is 0. The Labute approximate surface area is 91.5 Å². The number of rotatable bonds is 3. The predicted octanol–water partition coefficient (Wildman–Crippen LogP) is 0.764. The topological polar surface area (TPSA) is 94.9 Å². The fourth-order valence-corrected chi connectivity index (χ4v) is 1.35. The van der Waals surface area contributed by atoms with Crippen LogP contribution in [0.1, 0.15) is 11.4 Å². The van der Waals surface area contributed by atoms with Crippen LogP contribution in [0.3, 0.4) is 0 Å². The zero-order valence-corrected chi connectivity index (χ0v) is 8.67. The molecule has 82 valence electrons.